The van der Waals surface area contributed by atoms with Crippen LogP contribution in [0.1, 0.15) is 27.7 Å². The first-order valence-electron chi connectivity index (χ1n) is 3.72. The molecule has 0 saturated carbocycles. The normalized spacial score (nSPS) is 6.40. The number of aliphatic carboxylic acids is 2. The minimum absolute atomic E-state index is 0. The molecular formula is C8H14O6Zn. The van der Waals surface area contributed by atoms with Crippen LogP contribution in [0.2, 0.25) is 0 Å². The van der Waals surface area contributed by atoms with Crippen molar-refractivity contribution in [3.8, 4) is 0 Å². The molecule has 0 bridgehead atoms. The first-order chi connectivity index (χ1) is 6.23. The molecule has 0 amide bonds. The van der Waals surface area contributed by atoms with Crippen LogP contribution in [0.3, 0.4) is 0 Å². The van der Waals surface area contributed by atoms with Gasteiger partial charge in [0.15, 0.2) is 0 Å². The van der Waals surface area contributed by atoms with Crippen molar-refractivity contribution in [1.82, 2.24) is 0 Å². The Kier molecular flexibility index (Phi) is 29.6. The number of carboxylic acid groups (broad SMARTS) is 2. The quantitative estimate of drug-likeness (QED) is 0.406. The summed E-state index contributed by atoms with van der Waals surface area (Å²) in [5.74, 6) is -2.38. The number of ether oxygens (including phenoxy) is 1. The zero-order valence-corrected chi connectivity index (χ0v) is 12.3. The fourth-order valence-corrected chi connectivity index (χ4v) is 0.203. The van der Waals surface area contributed by atoms with Gasteiger partial charge in [-0.05, 0) is 20.8 Å². The smallest absolute Gasteiger partial charge is 0.550 e. The first kappa shape index (κ1) is 23.7. The van der Waals surface area contributed by atoms with Gasteiger partial charge in [-0.2, -0.15) is 0 Å². The van der Waals surface area contributed by atoms with Gasteiger partial charge in [-0.3, -0.25) is 4.79 Å². The summed E-state index contributed by atoms with van der Waals surface area (Å²) >= 11 is 0. The van der Waals surface area contributed by atoms with E-state index in [-0.39, 0.29) is 25.4 Å². The SMILES string of the molecule is CC(=O)[O-].CC(=O)[O-].CCOC(C)=O.[Zn+2]. The Morgan fingerprint density at radius 1 is 1.00 bits per heavy atom. The third kappa shape index (κ3) is 384. The Labute approximate surface area is 101 Å². The topological polar surface area (TPSA) is 107 Å². The molecule has 7 heteroatoms. The van der Waals surface area contributed by atoms with E-state index in [0.717, 1.165) is 13.8 Å². The average Bonchev–Trinajstić information content (AvgIpc) is 1.82. The molecular weight excluding hydrogens is 257 g/mol. The van der Waals surface area contributed by atoms with E-state index in [2.05, 4.69) is 4.74 Å². The monoisotopic (exact) mass is 270 g/mol. The van der Waals surface area contributed by atoms with Crippen LogP contribution in [0.25, 0.3) is 0 Å². The van der Waals surface area contributed by atoms with Crippen LogP contribution in [0.4, 0.5) is 0 Å². The second kappa shape index (κ2) is 18.7. The van der Waals surface area contributed by atoms with Crippen molar-refractivity contribution in [2.24, 2.45) is 0 Å². The molecule has 0 unspecified atom stereocenters. The molecule has 0 heterocycles. The predicted octanol–water partition coefficient (Wildman–Crippen LogP) is -1.92. The van der Waals surface area contributed by atoms with Crippen molar-refractivity contribution >= 4 is 17.9 Å². The number of rotatable bonds is 1. The number of carbonyl (C=O) groups excluding carboxylic acids is 3. The molecule has 0 rings (SSSR count). The zero-order chi connectivity index (χ0) is 12.1. The van der Waals surface area contributed by atoms with Gasteiger partial charge in [0, 0.05) is 18.9 Å². The molecule has 0 radical (unpaired) electrons. The fraction of sp³-hybridized carbons (Fsp3) is 0.625. The van der Waals surface area contributed by atoms with Gasteiger partial charge in [0.25, 0.3) is 0 Å². The molecule has 0 spiro atoms. The first-order valence-corrected chi connectivity index (χ1v) is 3.72. The Balaban J connectivity index is -0.0000000606. The van der Waals surface area contributed by atoms with Gasteiger partial charge >= 0.3 is 25.4 Å². The maximum absolute atomic E-state index is 9.82. The van der Waals surface area contributed by atoms with Crippen molar-refractivity contribution in [1.29, 1.82) is 0 Å². The Morgan fingerprint density at radius 3 is 1.20 bits per heavy atom. The van der Waals surface area contributed by atoms with E-state index in [4.69, 9.17) is 19.8 Å². The molecule has 0 saturated heterocycles. The molecule has 0 aliphatic rings. The van der Waals surface area contributed by atoms with Crippen molar-refractivity contribution in [3.05, 3.63) is 0 Å². The van der Waals surface area contributed by atoms with Crippen LogP contribution in [0.5, 0.6) is 0 Å². The molecule has 0 fully saturated rings. The van der Waals surface area contributed by atoms with Crippen LogP contribution in [0, 0.1) is 0 Å². The summed E-state index contributed by atoms with van der Waals surface area (Å²) in [5, 5.41) is 17.8. The van der Waals surface area contributed by atoms with Crippen LogP contribution in [-0.2, 0) is 38.6 Å². The van der Waals surface area contributed by atoms with Gasteiger partial charge in [0.1, 0.15) is 0 Å². The van der Waals surface area contributed by atoms with E-state index >= 15 is 0 Å². The van der Waals surface area contributed by atoms with E-state index in [1.54, 1.807) is 6.92 Å². The van der Waals surface area contributed by atoms with Crippen LogP contribution >= 0.6 is 0 Å². The minimum Gasteiger partial charge on any atom is -0.550 e. The summed E-state index contributed by atoms with van der Waals surface area (Å²) in [6, 6.07) is 0. The number of carboxylic acids is 2. The van der Waals surface area contributed by atoms with E-state index in [1.807, 2.05) is 0 Å². The third-order valence-corrected chi connectivity index (χ3v) is 0.348. The summed E-state index contributed by atoms with van der Waals surface area (Å²) in [6.45, 7) is 5.60. The predicted molar refractivity (Wildman–Crippen MR) is 43.7 cm³/mol. The molecule has 0 atom stereocenters. The number of hydrogen-bond acceptors (Lipinski definition) is 6. The molecule has 15 heavy (non-hydrogen) atoms. The summed E-state index contributed by atoms with van der Waals surface area (Å²) in [4.78, 5) is 27.6. The van der Waals surface area contributed by atoms with Crippen molar-refractivity contribution in [3.63, 3.8) is 0 Å². The van der Waals surface area contributed by atoms with Gasteiger partial charge in [0.2, 0.25) is 0 Å². The van der Waals surface area contributed by atoms with Crippen molar-refractivity contribution in [2.75, 3.05) is 6.61 Å². The van der Waals surface area contributed by atoms with Gasteiger partial charge in [-0.1, -0.05) is 0 Å². The average molecular weight is 272 g/mol. The molecule has 6 nitrogen and oxygen atoms in total. The fourth-order valence-electron chi connectivity index (χ4n) is 0.203. The van der Waals surface area contributed by atoms with Gasteiger partial charge < -0.3 is 24.5 Å². The van der Waals surface area contributed by atoms with E-state index in [0.29, 0.717) is 6.61 Å². The van der Waals surface area contributed by atoms with Gasteiger partial charge in [0.05, 0.1) is 6.61 Å². The van der Waals surface area contributed by atoms with Crippen molar-refractivity contribution in [2.45, 2.75) is 27.7 Å². The Bertz CT molecular complexity index is 160. The third-order valence-electron chi connectivity index (χ3n) is 0.348. The molecule has 0 aromatic rings. The summed E-state index contributed by atoms with van der Waals surface area (Å²) < 4.78 is 4.40. The second-order valence-electron chi connectivity index (χ2n) is 1.91. The standard InChI is InChI=1S/C4H8O2.2C2H4O2.Zn/c1-3-6-4(2)5;2*1-2(3)4;/h3H2,1-2H3;2*1H3,(H,3,4);/q;;;+2/p-2. The van der Waals surface area contributed by atoms with Crippen LogP contribution < -0.4 is 10.2 Å². The number of hydrogen-bond donors (Lipinski definition) is 0. The van der Waals surface area contributed by atoms with Crippen LogP contribution in [0.15, 0.2) is 0 Å². The molecule has 0 aliphatic heterocycles. The van der Waals surface area contributed by atoms with Crippen molar-refractivity contribution < 1.29 is 48.8 Å². The Morgan fingerprint density at radius 2 is 1.20 bits per heavy atom. The summed E-state index contributed by atoms with van der Waals surface area (Å²) in [7, 11) is 0. The summed E-state index contributed by atoms with van der Waals surface area (Å²) in [5.41, 5.74) is 0. The zero-order valence-electron chi connectivity index (χ0n) is 9.36. The minimum atomic E-state index is -1.08. The second-order valence-corrected chi connectivity index (χ2v) is 1.91. The van der Waals surface area contributed by atoms with E-state index in [9.17, 15) is 4.79 Å². The summed E-state index contributed by atoms with van der Waals surface area (Å²) in [6.07, 6.45) is 0. The van der Waals surface area contributed by atoms with E-state index < -0.39 is 11.9 Å². The maximum Gasteiger partial charge on any atom is 2.00 e. The Hall–Kier alpha value is -0.967. The van der Waals surface area contributed by atoms with Gasteiger partial charge in [-0.15, -0.1) is 0 Å². The number of esters is 1. The molecule has 0 N–H and O–H groups in total. The molecule has 0 aliphatic carbocycles. The molecule has 0 aromatic carbocycles. The molecule has 84 valence electrons. The number of carbonyl (C=O) groups is 3. The molecule has 0 aromatic heterocycles. The van der Waals surface area contributed by atoms with E-state index in [1.165, 1.54) is 6.92 Å². The largest absolute Gasteiger partial charge is 2.00 e. The van der Waals surface area contributed by atoms with Crippen LogP contribution in [-0.4, -0.2) is 24.5 Å². The maximum atomic E-state index is 9.82. The van der Waals surface area contributed by atoms with Gasteiger partial charge in [-0.25, -0.2) is 0 Å².